The Morgan fingerprint density at radius 3 is 3.00 bits per heavy atom. The molecule has 114 valence electrons. The zero-order valence-corrected chi connectivity index (χ0v) is 14.2. The second kappa shape index (κ2) is 5.05. The molecule has 2 heterocycles. The number of aromatic hydroxyl groups is 1. The van der Waals surface area contributed by atoms with Crippen molar-refractivity contribution in [2.75, 3.05) is 6.54 Å². The third-order valence-corrected chi connectivity index (χ3v) is 6.07. The minimum Gasteiger partial charge on any atom is -0.507 e. The van der Waals surface area contributed by atoms with E-state index in [0.717, 1.165) is 41.4 Å². The highest BCUT2D eigenvalue weighted by Crippen LogP contribution is 2.40. The summed E-state index contributed by atoms with van der Waals surface area (Å²) in [6.07, 6.45) is 7.55. The van der Waals surface area contributed by atoms with Gasteiger partial charge in [-0.05, 0) is 36.6 Å². The Bertz CT molecular complexity index is 748. The van der Waals surface area contributed by atoms with Crippen molar-refractivity contribution in [1.29, 1.82) is 0 Å². The molecule has 1 saturated heterocycles. The van der Waals surface area contributed by atoms with Crippen LogP contribution in [-0.4, -0.2) is 34.3 Å². The van der Waals surface area contributed by atoms with Gasteiger partial charge in [-0.2, -0.15) is 0 Å². The molecule has 0 bridgehead atoms. The van der Waals surface area contributed by atoms with E-state index in [2.05, 4.69) is 26.7 Å². The normalized spacial score (nSPS) is 26.5. The molecule has 1 aliphatic carbocycles. The monoisotopic (exact) mass is 360 g/mol. The molecule has 1 N–H and O–H groups in total. The standard InChI is InChI=1S/C18H18BrNO2/c1-10-6-16(19)14-8-17-13-3-2-12(21)7-11(13)4-5-20(17)9-15(14)18(10)22/h6-7,9,13,17H,2-5,8H2,1H3/p+1. The van der Waals surface area contributed by atoms with Gasteiger partial charge in [-0.3, -0.25) is 4.79 Å². The van der Waals surface area contributed by atoms with E-state index in [1.807, 2.05) is 19.1 Å². The lowest BCUT2D eigenvalue weighted by Gasteiger charge is -2.36. The molecule has 3 aliphatic rings. The average Bonchev–Trinajstić information content (AvgIpc) is 2.51. The fraction of sp³-hybridized carbons (Fsp3) is 0.444. The molecule has 4 heteroatoms. The first kappa shape index (κ1) is 14.2. The van der Waals surface area contributed by atoms with E-state index in [4.69, 9.17) is 0 Å². The summed E-state index contributed by atoms with van der Waals surface area (Å²) in [5.74, 6) is 1.16. The minimum atomic E-state index is 0.286. The lowest BCUT2D eigenvalue weighted by molar-refractivity contribution is -0.577. The zero-order valence-electron chi connectivity index (χ0n) is 12.6. The molecule has 22 heavy (non-hydrogen) atoms. The summed E-state index contributed by atoms with van der Waals surface area (Å²) >= 11 is 3.66. The predicted molar refractivity (Wildman–Crippen MR) is 88.8 cm³/mol. The molecule has 0 saturated carbocycles. The first-order chi connectivity index (χ1) is 10.5. The van der Waals surface area contributed by atoms with Gasteiger partial charge < -0.3 is 5.11 Å². The van der Waals surface area contributed by atoms with Crippen molar-refractivity contribution in [3.8, 4) is 5.75 Å². The van der Waals surface area contributed by atoms with Crippen LogP contribution in [0.15, 0.2) is 22.2 Å². The van der Waals surface area contributed by atoms with E-state index in [9.17, 15) is 9.90 Å². The van der Waals surface area contributed by atoms with E-state index in [1.165, 1.54) is 11.1 Å². The number of allylic oxidation sites excluding steroid dienone is 1. The summed E-state index contributed by atoms with van der Waals surface area (Å²) in [6.45, 7) is 2.87. The third kappa shape index (κ3) is 2.08. The first-order valence-electron chi connectivity index (χ1n) is 7.89. The number of hydrogen-bond donors (Lipinski definition) is 1. The number of fused-ring (bicyclic) bond motifs is 4. The van der Waals surface area contributed by atoms with Crippen LogP contribution in [0, 0.1) is 12.8 Å². The Hall–Kier alpha value is -1.42. The average molecular weight is 361 g/mol. The number of carbonyl (C=O) groups excluding carboxylic acids is 1. The number of hydrogen-bond acceptors (Lipinski definition) is 2. The summed E-state index contributed by atoms with van der Waals surface area (Å²) in [5.41, 5.74) is 4.40. The van der Waals surface area contributed by atoms with Gasteiger partial charge in [-0.1, -0.05) is 21.5 Å². The SMILES string of the molecule is Cc1cc(Br)c2c(c1O)C=[N+]1CCC3=CC(=O)CCC3C1C2. The maximum absolute atomic E-state index is 11.7. The minimum absolute atomic E-state index is 0.286. The van der Waals surface area contributed by atoms with Crippen LogP contribution < -0.4 is 0 Å². The van der Waals surface area contributed by atoms with Gasteiger partial charge in [0.1, 0.15) is 12.3 Å². The van der Waals surface area contributed by atoms with Crippen molar-refractivity contribution in [2.45, 2.75) is 38.6 Å². The van der Waals surface area contributed by atoms with Crippen molar-refractivity contribution in [3.05, 3.63) is 38.9 Å². The van der Waals surface area contributed by atoms with Gasteiger partial charge in [0.15, 0.2) is 18.0 Å². The largest absolute Gasteiger partial charge is 0.507 e. The van der Waals surface area contributed by atoms with Gasteiger partial charge in [-0.25, -0.2) is 4.58 Å². The molecule has 0 aromatic heterocycles. The number of aryl methyl sites for hydroxylation is 1. The Balaban J connectivity index is 1.80. The molecule has 4 rings (SSSR count). The van der Waals surface area contributed by atoms with Crippen LogP contribution in [0.5, 0.6) is 5.75 Å². The second-order valence-corrected chi connectivity index (χ2v) is 7.49. The van der Waals surface area contributed by atoms with Crippen LogP contribution in [-0.2, 0) is 11.2 Å². The zero-order chi connectivity index (χ0) is 15.4. The summed E-state index contributed by atoms with van der Waals surface area (Å²) in [6, 6.07) is 2.42. The number of phenols is 1. The molecular weight excluding hydrogens is 342 g/mol. The van der Waals surface area contributed by atoms with Gasteiger partial charge >= 0.3 is 0 Å². The van der Waals surface area contributed by atoms with Crippen molar-refractivity contribution >= 4 is 27.9 Å². The molecule has 2 aliphatic heterocycles. The Morgan fingerprint density at radius 1 is 1.36 bits per heavy atom. The third-order valence-electron chi connectivity index (χ3n) is 5.37. The van der Waals surface area contributed by atoms with Crippen LogP contribution in [0.2, 0.25) is 0 Å². The number of carbonyl (C=O) groups is 1. The maximum Gasteiger partial charge on any atom is 0.175 e. The smallest absolute Gasteiger partial charge is 0.175 e. The van der Waals surface area contributed by atoms with E-state index in [1.54, 1.807) is 0 Å². The van der Waals surface area contributed by atoms with Crippen LogP contribution in [0.25, 0.3) is 0 Å². The van der Waals surface area contributed by atoms with Gasteiger partial charge in [0.05, 0.1) is 5.56 Å². The lowest BCUT2D eigenvalue weighted by atomic mass is 9.74. The first-order valence-corrected chi connectivity index (χ1v) is 8.68. The number of benzene rings is 1. The highest BCUT2D eigenvalue weighted by Gasteiger charge is 2.43. The second-order valence-electron chi connectivity index (χ2n) is 6.64. The van der Waals surface area contributed by atoms with Crippen molar-refractivity contribution in [2.24, 2.45) is 5.92 Å². The molecule has 0 radical (unpaired) electrons. The molecule has 1 aromatic rings. The van der Waals surface area contributed by atoms with Gasteiger partial charge in [0.2, 0.25) is 0 Å². The molecule has 2 unspecified atom stereocenters. The van der Waals surface area contributed by atoms with Crippen molar-refractivity contribution in [3.63, 3.8) is 0 Å². The van der Waals surface area contributed by atoms with Gasteiger partial charge in [0, 0.05) is 29.7 Å². The summed E-state index contributed by atoms with van der Waals surface area (Å²) < 4.78 is 3.46. The Labute approximate surface area is 138 Å². The molecule has 0 spiro atoms. The molecule has 1 aromatic carbocycles. The van der Waals surface area contributed by atoms with Crippen LogP contribution >= 0.6 is 15.9 Å². The van der Waals surface area contributed by atoms with Crippen molar-refractivity contribution < 1.29 is 14.5 Å². The van der Waals surface area contributed by atoms with Crippen LogP contribution in [0.1, 0.15) is 36.0 Å². The van der Waals surface area contributed by atoms with Crippen molar-refractivity contribution in [1.82, 2.24) is 0 Å². The van der Waals surface area contributed by atoms with Crippen LogP contribution in [0.3, 0.4) is 0 Å². The topological polar surface area (TPSA) is 40.3 Å². The Morgan fingerprint density at radius 2 is 2.18 bits per heavy atom. The summed E-state index contributed by atoms with van der Waals surface area (Å²) in [7, 11) is 0. The van der Waals surface area contributed by atoms with E-state index < -0.39 is 0 Å². The number of piperidine rings is 1. The number of ketones is 1. The number of nitrogens with zero attached hydrogens (tertiary/aromatic N) is 1. The van der Waals surface area contributed by atoms with E-state index in [0.29, 0.717) is 24.1 Å². The summed E-state index contributed by atoms with van der Waals surface area (Å²) in [5, 5.41) is 10.4. The highest BCUT2D eigenvalue weighted by molar-refractivity contribution is 9.10. The molecule has 2 atom stereocenters. The maximum atomic E-state index is 11.7. The highest BCUT2D eigenvalue weighted by atomic mass is 79.9. The number of rotatable bonds is 0. The fourth-order valence-corrected chi connectivity index (χ4v) is 4.91. The quantitative estimate of drug-likeness (QED) is 0.722. The number of halogens is 1. The van der Waals surface area contributed by atoms with Gasteiger partial charge in [0.25, 0.3) is 0 Å². The molecule has 1 fully saturated rings. The fourth-order valence-electron chi connectivity index (χ4n) is 4.19. The van der Waals surface area contributed by atoms with Gasteiger partial charge in [-0.15, -0.1) is 0 Å². The lowest BCUT2D eigenvalue weighted by Crippen LogP contribution is -2.46. The molecular formula is C18H19BrNO2+. The predicted octanol–water partition coefficient (Wildman–Crippen LogP) is 3.13. The van der Waals surface area contributed by atoms with Crippen LogP contribution in [0.4, 0.5) is 0 Å². The summed E-state index contributed by atoms with van der Waals surface area (Å²) in [4.78, 5) is 11.7. The van der Waals surface area contributed by atoms with E-state index >= 15 is 0 Å². The van der Waals surface area contributed by atoms with E-state index in [-0.39, 0.29) is 5.78 Å². The Kier molecular flexibility index (Phi) is 3.26. The molecule has 3 nitrogen and oxygen atoms in total. The number of phenolic OH excluding ortho intramolecular Hbond substituents is 1. The molecule has 0 amide bonds.